The van der Waals surface area contributed by atoms with E-state index in [4.69, 9.17) is 21.1 Å². The van der Waals surface area contributed by atoms with Gasteiger partial charge in [-0.25, -0.2) is 17.9 Å². The van der Waals surface area contributed by atoms with E-state index in [0.29, 0.717) is 29.4 Å². The third-order valence-corrected chi connectivity index (χ3v) is 5.53. The van der Waals surface area contributed by atoms with E-state index in [1.807, 2.05) is 12.1 Å². The topological polar surface area (TPSA) is 81.7 Å². The van der Waals surface area contributed by atoms with Crippen molar-refractivity contribution in [2.24, 2.45) is 0 Å². The van der Waals surface area contributed by atoms with Gasteiger partial charge in [0.15, 0.2) is 6.61 Å². The molecule has 0 atom stereocenters. The van der Waals surface area contributed by atoms with Crippen LogP contribution in [0.2, 0.25) is 5.02 Å². The van der Waals surface area contributed by atoms with Crippen LogP contribution < -0.4 is 9.46 Å². The molecule has 0 aliphatic carbocycles. The molecule has 0 aliphatic rings. The summed E-state index contributed by atoms with van der Waals surface area (Å²) in [5.41, 5.74) is 1.40. The molecule has 6 nitrogen and oxygen atoms in total. The van der Waals surface area contributed by atoms with Gasteiger partial charge in [-0.1, -0.05) is 42.5 Å². The number of hydrogen-bond donors (Lipinski definition) is 1. The number of hydrogen-bond acceptors (Lipinski definition) is 5. The van der Waals surface area contributed by atoms with Crippen molar-refractivity contribution < 1.29 is 22.7 Å². The average Bonchev–Trinajstić information content (AvgIpc) is 2.67. The second-order valence-corrected chi connectivity index (χ2v) is 7.94. The van der Waals surface area contributed by atoms with Crippen LogP contribution in [-0.4, -0.2) is 34.1 Å². The van der Waals surface area contributed by atoms with Gasteiger partial charge < -0.3 is 9.47 Å². The molecule has 150 valence electrons. The van der Waals surface area contributed by atoms with Crippen LogP contribution in [0.4, 0.5) is 0 Å². The fourth-order valence-electron chi connectivity index (χ4n) is 2.41. The van der Waals surface area contributed by atoms with E-state index < -0.39 is 16.0 Å². The highest BCUT2D eigenvalue weighted by molar-refractivity contribution is 7.89. The quantitative estimate of drug-likeness (QED) is 0.592. The van der Waals surface area contributed by atoms with Crippen LogP contribution in [0, 0.1) is 0 Å². The van der Waals surface area contributed by atoms with Crippen molar-refractivity contribution >= 4 is 33.7 Å². The van der Waals surface area contributed by atoms with Crippen molar-refractivity contribution in [1.29, 1.82) is 0 Å². The van der Waals surface area contributed by atoms with Gasteiger partial charge in [0.2, 0.25) is 10.0 Å². The molecule has 0 bridgehead atoms. The van der Waals surface area contributed by atoms with E-state index in [-0.39, 0.29) is 18.0 Å². The van der Waals surface area contributed by atoms with Crippen LogP contribution in [-0.2, 0) is 26.0 Å². The normalized spacial score (nSPS) is 11.1. The highest BCUT2D eigenvalue weighted by Gasteiger charge is 2.17. The van der Waals surface area contributed by atoms with Crippen LogP contribution in [0.15, 0.2) is 53.9 Å². The first-order valence-electron chi connectivity index (χ1n) is 8.64. The van der Waals surface area contributed by atoms with Crippen LogP contribution in [0.3, 0.4) is 0 Å². The van der Waals surface area contributed by atoms with Gasteiger partial charge >= 0.3 is 5.97 Å². The van der Waals surface area contributed by atoms with Crippen molar-refractivity contribution in [2.45, 2.75) is 18.2 Å². The fraction of sp³-hybridized carbons (Fsp3) is 0.250. The summed E-state index contributed by atoms with van der Waals surface area (Å²) >= 11 is 5.92. The van der Waals surface area contributed by atoms with E-state index in [2.05, 4.69) is 11.3 Å². The third-order valence-electron chi connectivity index (χ3n) is 3.78. The van der Waals surface area contributed by atoms with Crippen molar-refractivity contribution in [2.75, 3.05) is 19.8 Å². The van der Waals surface area contributed by atoms with Gasteiger partial charge in [0, 0.05) is 11.6 Å². The minimum Gasteiger partial charge on any atom is -0.482 e. The first-order chi connectivity index (χ1) is 13.4. The Morgan fingerprint density at radius 3 is 2.57 bits per heavy atom. The van der Waals surface area contributed by atoms with E-state index in [1.165, 1.54) is 12.1 Å². The molecule has 0 saturated carbocycles. The zero-order valence-electron chi connectivity index (χ0n) is 15.5. The number of carbonyl (C=O) groups is 1. The molecular weight excluding hydrogens is 402 g/mol. The number of benzene rings is 2. The summed E-state index contributed by atoms with van der Waals surface area (Å²) in [6.45, 7) is 5.73. The Morgan fingerprint density at radius 1 is 1.21 bits per heavy atom. The Hall–Kier alpha value is -2.35. The largest absolute Gasteiger partial charge is 0.482 e. The van der Waals surface area contributed by atoms with E-state index >= 15 is 0 Å². The van der Waals surface area contributed by atoms with Crippen molar-refractivity contribution in [1.82, 2.24) is 4.72 Å². The van der Waals surface area contributed by atoms with Gasteiger partial charge in [0.1, 0.15) is 5.75 Å². The van der Waals surface area contributed by atoms with Gasteiger partial charge in [-0.2, -0.15) is 0 Å². The standard InChI is InChI=1S/C20H22ClNO5S/c1-3-16-7-8-17(21)13-19(16)28(24,25)22-12-11-15-5-9-18(10-6-15)27-14-20(23)26-4-2/h3,5-10,13,22H,1,4,11-12,14H2,2H3. The molecule has 2 rings (SSSR count). The SMILES string of the molecule is C=Cc1ccc(Cl)cc1S(=O)(=O)NCCc1ccc(OCC(=O)OCC)cc1. The number of sulfonamides is 1. The predicted molar refractivity (Wildman–Crippen MR) is 109 cm³/mol. The predicted octanol–water partition coefficient (Wildman–Crippen LogP) is 3.45. The first-order valence-corrected chi connectivity index (χ1v) is 10.5. The second-order valence-electron chi connectivity index (χ2n) is 5.77. The summed E-state index contributed by atoms with van der Waals surface area (Å²) in [6, 6.07) is 11.7. The van der Waals surface area contributed by atoms with E-state index in [9.17, 15) is 13.2 Å². The second kappa shape index (κ2) is 10.3. The molecular formula is C20H22ClNO5S. The summed E-state index contributed by atoms with van der Waals surface area (Å²) in [6.07, 6.45) is 1.96. The number of halogens is 1. The summed E-state index contributed by atoms with van der Waals surface area (Å²) in [5.74, 6) is 0.104. The van der Waals surface area contributed by atoms with Crippen LogP contribution in [0.25, 0.3) is 6.08 Å². The number of nitrogens with one attached hydrogen (secondary N) is 1. The molecule has 0 amide bonds. The average molecular weight is 424 g/mol. The smallest absolute Gasteiger partial charge is 0.344 e. The van der Waals surface area contributed by atoms with Gasteiger partial charge in [0.25, 0.3) is 0 Å². The molecule has 2 aromatic rings. The zero-order chi connectivity index (χ0) is 20.6. The minimum absolute atomic E-state index is 0.0951. The Labute approximate surface area is 170 Å². The summed E-state index contributed by atoms with van der Waals surface area (Å²) in [4.78, 5) is 11.4. The number of carbonyl (C=O) groups excluding carboxylic acids is 1. The molecule has 0 radical (unpaired) electrons. The van der Waals surface area contributed by atoms with Crippen LogP contribution in [0.1, 0.15) is 18.1 Å². The Morgan fingerprint density at radius 2 is 1.93 bits per heavy atom. The monoisotopic (exact) mass is 423 g/mol. The van der Waals surface area contributed by atoms with Crippen LogP contribution in [0.5, 0.6) is 5.75 Å². The summed E-state index contributed by atoms with van der Waals surface area (Å²) in [5, 5.41) is 0.337. The molecule has 0 aromatic heterocycles. The molecule has 1 N–H and O–H groups in total. The molecule has 2 aromatic carbocycles. The zero-order valence-corrected chi connectivity index (χ0v) is 17.1. The molecule has 0 unspecified atom stereocenters. The molecule has 0 fully saturated rings. The molecule has 0 spiro atoms. The Balaban J connectivity index is 1.91. The maximum atomic E-state index is 12.5. The summed E-state index contributed by atoms with van der Waals surface area (Å²) < 4.78 is 37.7. The minimum atomic E-state index is -3.71. The Kier molecular flexibility index (Phi) is 8.04. The number of ether oxygens (including phenoxy) is 2. The van der Waals surface area contributed by atoms with E-state index in [0.717, 1.165) is 5.56 Å². The molecule has 0 heterocycles. The van der Waals surface area contributed by atoms with Gasteiger partial charge in [-0.15, -0.1) is 0 Å². The number of esters is 1. The lowest BCUT2D eigenvalue weighted by atomic mass is 10.1. The lowest BCUT2D eigenvalue weighted by molar-refractivity contribution is -0.145. The van der Waals surface area contributed by atoms with Gasteiger partial charge in [0.05, 0.1) is 11.5 Å². The first kappa shape index (κ1) is 21.9. The summed E-state index contributed by atoms with van der Waals surface area (Å²) in [7, 11) is -3.71. The lowest BCUT2D eigenvalue weighted by Crippen LogP contribution is -2.26. The number of rotatable bonds is 10. The Bertz CT molecular complexity index is 926. The molecule has 0 saturated heterocycles. The maximum Gasteiger partial charge on any atom is 0.344 e. The van der Waals surface area contributed by atoms with Gasteiger partial charge in [-0.05, 0) is 48.7 Å². The van der Waals surface area contributed by atoms with Crippen molar-refractivity contribution in [3.05, 3.63) is 65.2 Å². The molecule has 8 heteroatoms. The third kappa shape index (κ3) is 6.37. The van der Waals surface area contributed by atoms with E-state index in [1.54, 1.807) is 31.2 Å². The highest BCUT2D eigenvalue weighted by atomic mass is 35.5. The fourth-order valence-corrected chi connectivity index (χ4v) is 3.92. The van der Waals surface area contributed by atoms with Crippen molar-refractivity contribution in [3.8, 4) is 5.75 Å². The lowest BCUT2D eigenvalue weighted by Gasteiger charge is -2.10. The van der Waals surface area contributed by atoms with Gasteiger partial charge in [-0.3, -0.25) is 0 Å². The van der Waals surface area contributed by atoms with Crippen molar-refractivity contribution in [3.63, 3.8) is 0 Å². The highest BCUT2D eigenvalue weighted by Crippen LogP contribution is 2.21. The maximum absolute atomic E-state index is 12.5. The van der Waals surface area contributed by atoms with Crippen LogP contribution >= 0.6 is 11.6 Å². The molecule has 28 heavy (non-hydrogen) atoms. The molecule has 0 aliphatic heterocycles.